The molecule has 1 atom stereocenters. The van der Waals surface area contributed by atoms with Crippen molar-refractivity contribution in [2.45, 2.75) is 297 Å². The first-order valence-corrected chi connectivity index (χ1v) is 28.8. The Labute approximate surface area is 415 Å². The second kappa shape index (κ2) is 55.7. The van der Waals surface area contributed by atoms with E-state index in [1.807, 2.05) is 0 Å². The molecule has 67 heavy (non-hydrogen) atoms. The fourth-order valence-electron chi connectivity index (χ4n) is 8.07. The molecule has 0 aliphatic rings. The van der Waals surface area contributed by atoms with E-state index < -0.39 is 6.10 Å². The monoisotopic (exact) mass is 937 g/mol. The van der Waals surface area contributed by atoms with Gasteiger partial charge in [0.2, 0.25) is 0 Å². The summed E-state index contributed by atoms with van der Waals surface area (Å²) in [5.41, 5.74) is 0. The van der Waals surface area contributed by atoms with Gasteiger partial charge in [0.1, 0.15) is 13.2 Å². The topological polar surface area (TPSA) is 78.9 Å². The lowest BCUT2D eigenvalue weighted by Crippen LogP contribution is -2.30. The van der Waals surface area contributed by atoms with Crippen molar-refractivity contribution in [2.75, 3.05) is 13.2 Å². The summed E-state index contributed by atoms with van der Waals surface area (Å²) in [5.74, 6) is -0.905. The van der Waals surface area contributed by atoms with E-state index in [0.29, 0.717) is 19.3 Å². The predicted molar refractivity (Wildman–Crippen MR) is 288 cm³/mol. The van der Waals surface area contributed by atoms with Crippen LogP contribution in [0.2, 0.25) is 0 Å². The van der Waals surface area contributed by atoms with Gasteiger partial charge in [0, 0.05) is 19.3 Å². The zero-order valence-electron chi connectivity index (χ0n) is 44.4. The number of rotatable bonds is 52. The summed E-state index contributed by atoms with van der Waals surface area (Å²) in [6.07, 6.45) is 69.2. The largest absolute Gasteiger partial charge is 0.462 e. The van der Waals surface area contributed by atoms with Gasteiger partial charge in [-0.2, -0.15) is 0 Å². The van der Waals surface area contributed by atoms with Crippen LogP contribution in [0, 0.1) is 0 Å². The number of carbonyl (C=O) groups excluding carboxylic acids is 3. The molecule has 388 valence electrons. The first-order chi connectivity index (χ1) is 33.0. The molecule has 0 aliphatic carbocycles. The average molecular weight is 938 g/mol. The maximum atomic E-state index is 12.8. The fourth-order valence-corrected chi connectivity index (χ4v) is 8.07. The Morgan fingerprint density at radius 1 is 0.299 bits per heavy atom. The molecular formula is C61H108O6. The molecule has 0 aromatic rings. The summed E-state index contributed by atoms with van der Waals surface area (Å²) in [6, 6.07) is 0. The van der Waals surface area contributed by atoms with E-state index in [-0.39, 0.29) is 31.1 Å². The van der Waals surface area contributed by atoms with Crippen molar-refractivity contribution in [3.63, 3.8) is 0 Å². The van der Waals surface area contributed by atoms with Gasteiger partial charge in [-0.25, -0.2) is 0 Å². The van der Waals surface area contributed by atoms with Crippen molar-refractivity contribution in [1.29, 1.82) is 0 Å². The third-order valence-electron chi connectivity index (χ3n) is 12.5. The SMILES string of the molecule is CCCC/C=C\C/C=C\CCCCCCCC(=O)OCC(COC(=O)CCCCCCCCCCC/C=C\CCCCCCCC)OC(=O)CCCCCCC/C=C\C/C=C\CCCCCC. The van der Waals surface area contributed by atoms with Gasteiger partial charge in [-0.15, -0.1) is 0 Å². The van der Waals surface area contributed by atoms with Crippen molar-refractivity contribution in [3.05, 3.63) is 60.8 Å². The molecule has 0 N–H and O–H groups in total. The fraction of sp³-hybridized carbons (Fsp3) is 0.787. The summed E-state index contributed by atoms with van der Waals surface area (Å²) in [7, 11) is 0. The van der Waals surface area contributed by atoms with Gasteiger partial charge in [0.05, 0.1) is 0 Å². The highest BCUT2D eigenvalue weighted by Crippen LogP contribution is 2.15. The van der Waals surface area contributed by atoms with Crippen LogP contribution in [0.1, 0.15) is 290 Å². The van der Waals surface area contributed by atoms with Crippen LogP contribution in [-0.2, 0) is 28.6 Å². The van der Waals surface area contributed by atoms with Crippen LogP contribution in [0.4, 0.5) is 0 Å². The van der Waals surface area contributed by atoms with Crippen LogP contribution >= 0.6 is 0 Å². The number of hydrogen-bond acceptors (Lipinski definition) is 6. The molecule has 0 aromatic carbocycles. The van der Waals surface area contributed by atoms with Crippen LogP contribution in [0.25, 0.3) is 0 Å². The van der Waals surface area contributed by atoms with Gasteiger partial charge in [-0.1, -0.05) is 229 Å². The third kappa shape index (κ3) is 53.9. The lowest BCUT2D eigenvalue weighted by molar-refractivity contribution is -0.167. The third-order valence-corrected chi connectivity index (χ3v) is 12.5. The van der Waals surface area contributed by atoms with E-state index in [1.165, 1.54) is 148 Å². The van der Waals surface area contributed by atoms with Crippen molar-refractivity contribution >= 4 is 17.9 Å². The lowest BCUT2D eigenvalue weighted by Gasteiger charge is -2.18. The van der Waals surface area contributed by atoms with Crippen molar-refractivity contribution in [3.8, 4) is 0 Å². The van der Waals surface area contributed by atoms with Crippen LogP contribution in [0.3, 0.4) is 0 Å². The second-order valence-electron chi connectivity index (χ2n) is 19.2. The van der Waals surface area contributed by atoms with E-state index in [2.05, 4.69) is 81.5 Å². The summed E-state index contributed by atoms with van der Waals surface area (Å²) in [6.45, 7) is 6.58. The minimum absolute atomic E-state index is 0.0847. The van der Waals surface area contributed by atoms with Gasteiger partial charge in [0.25, 0.3) is 0 Å². The summed E-state index contributed by atoms with van der Waals surface area (Å²) >= 11 is 0. The molecule has 0 heterocycles. The molecule has 6 heteroatoms. The van der Waals surface area contributed by atoms with Crippen molar-refractivity contribution in [1.82, 2.24) is 0 Å². The number of allylic oxidation sites excluding steroid dienone is 10. The Morgan fingerprint density at radius 2 is 0.552 bits per heavy atom. The quantitative estimate of drug-likeness (QED) is 0.0262. The van der Waals surface area contributed by atoms with Crippen LogP contribution in [0.5, 0.6) is 0 Å². The molecule has 0 aromatic heterocycles. The van der Waals surface area contributed by atoms with Gasteiger partial charge >= 0.3 is 17.9 Å². The highest BCUT2D eigenvalue weighted by molar-refractivity contribution is 5.71. The highest BCUT2D eigenvalue weighted by atomic mass is 16.6. The summed E-state index contributed by atoms with van der Waals surface area (Å²) in [4.78, 5) is 38.1. The molecule has 0 bridgehead atoms. The van der Waals surface area contributed by atoms with E-state index in [1.54, 1.807) is 0 Å². The molecule has 0 aliphatic heterocycles. The molecule has 0 rings (SSSR count). The molecule has 0 saturated heterocycles. The minimum atomic E-state index is -0.788. The molecule has 0 amide bonds. The average Bonchev–Trinajstić information content (AvgIpc) is 3.33. The normalized spacial score (nSPS) is 12.5. The number of carbonyl (C=O) groups is 3. The zero-order valence-corrected chi connectivity index (χ0v) is 44.4. The number of hydrogen-bond donors (Lipinski definition) is 0. The highest BCUT2D eigenvalue weighted by Gasteiger charge is 2.19. The van der Waals surface area contributed by atoms with Crippen LogP contribution in [0.15, 0.2) is 60.8 Å². The Morgan fingerprint density at radius 3 is 0.896 bits per heavy atom. The standard InChI is InChI=1S/C61H108O6/c1-4-7-10-13-16-19-22-25-28-30-31-32-34-36-39-42-45-48-51-54-60(63)66-57-58(56-65-59(62)53-50-47-44-41-38-35-27-24-21-18-15-12-9-6-3)67-61(64)55-52-49-46-43-40-37-33-29-26-23-20-17-14-11-8-5-2/h15,18,20,23-25,27-29,33,58H,4-14,16-17,19,21-22,26,30-32,34-57H2,1-3H3/b18-15-,23-20-,27-24-,28-25-,33-29-. The minimum Gasteiger partial charge on any atom is -0.462 e. The van der Waals surface area contributed by atoms with E-state index in [0.717, 1.165) is 103 Å². The van der Waals surface area contributed by atoms with Gasteiger partial charge in [0.15, 0.2) is 6.10 Å². The Kier molecular flexibility index (Phi) is 53.3. The number of ether oxygens (including phenoxy) is 3. The first kappa shape index (κ1) is 64.1. The van der Waals surface area contributed by atoms with E-state index in [9.17, 15) is 14.4 Å². The zero-order chi connectivity index (χ0) is 48.6. The lowest BCUT2D eigenvalue weighted by atomic mass is 10.1. The van der Waals surface area contributed by atoms with Crippen molar-refractivity contribution in [2.24, 2.45) is 0 Å². The first-order valence-electron chi connectivity index (χ1n) is 28.8. The molecule has 0 radical (unpaired) electrons. The van der Waals surface area contributed by atoms with E-state index >= 15 is 0 Å². The van der Waals surface area contributed by atoms with Crippen molar-refractivity contribution < 1.29 is 28.6 Å². The van der Waals surface area contributed by atoms with Crippen LogP contribution in [-0.4, -0.2) is 37.2 Å². The maximum Gasteiger partial charge on any atom is 0.306 e. The number of unbranched alkanes of at least 4 members (excludes halogenated alkanes) is 31. The number of esters is 3. The molecule has 0 fully saturated rings. The Hall–Kier alpha value is -2.89. The summed E-state index contributed by atoms with van der Waals surface area (Å²) in [5, 5.41) is 0. The molecule has 6 nitrogen and oxygen atoms in total. The Bertz CT molecular complexity index is 1210. The van der Waals surface area contributed by atoms with Gasteiger partial charge < -0.3 is 14.2 Å². The molecular weight excluding hydrogens is 829 g/mol. The predicted octanol–water partition coefficient (Wildman–Crippen LogP) is 19.2. The molecule has 0 spiro atoms. The van der Waals surface area contributed by atoms with Crippen LogP contribution < -0.4 is 0 Å². The Balaban J connectivity index is 4.39. The summed E-state index contributed by atoms with van der Waals surface area (Å²) < 4.78 is 16.8. The molecule has 0 saturated carbocycles. The maximum absolute atomic E-state index is 12.8. The second-order valence-corrected chi connectivity index (χ2v) is 19.2. The molecule has 1 unspecified atom stereocenters. The van der Waals surface area contributed by atoms with Gasteiger partial charge in [-0.05, 0) is 103 Å². The van der Waals surface area contributed by atoms with E-state index in [4.69, 9.17) is 14.2 Å². The smallest absolute Gasteiger partial charge is 0.306 e. The van der Waals surface area contributed by atoms with Gasteiger partial charge in [-0.3, -0.25) is 14.4 Å².